The topological polar surface area (TPSA) is 36.4 Å². The number of aromatic nitrogens is 1. The number of allylic oxidation sites excluding steroid dienone is 2. The summed E-state index contributed by atoms with van der Waals surface area (Å²) in [5, 5.41) is 1.11. The third kappa shape index (κ3) is 4.05. The molecule has 0 N–H and O–H groups in total. The Hall–Kier alpha value is -2.50. The first-order chi connectivity index (χ1) is 14.8. The highest BCUT2D eigenvalue weighted by atomic mass is 32.1. The molecule has 2 aliphatic rings. The van der Waals surface area contributed by atoms with Crippen molar-refractivity contribution in [2.75, 3.05) is 26.2 Å². The van der Waals surface area contributed by atoms with E-state index in [-0.39, 0.29) is 11.8 Å². The molecule has 5 rings (SSSR count). The number of rotatable bonds is 4. The van der Waals surface area contributed by atoms with E-state index in [0.29, 0.717) is 5.91 Å². The predicted octanol–water partition coefficient (Wildman–Crippen LogP) is 4.69. The molecule has 2 heterocycles. The molecule has 1 amide bonds. The van der Waals surface area contributed by atoms with Crippen LogP contribution >= 0.6 is 11.3 Å². The summed E-state index contributed by atoms with van der Waals surface area (Å²) in [7, 11) is 0. The maximum absolute atomic E-state index is 13.5. The fraction of sp³-hybridized carbons (Fsp3) is 0.360. The van der Waals surface area contributed by atoms with Crippen LogP contribution in [0.5, 0.6) is 0 Å². The third-order valence-corrected chi connectivity index (χ3v) is 7.48. The van der Waals surface area contributed by atoms with Gasteiger partial charge in [0.05, 0.1) is 21.1 Å². The summed E-state index contributed by atoms with van der Waals surface area (Å²) in [5.74, 6) is 0.515. The molecule has 0 spiro atoms. The zero-order valence-corrected chi connectivity index (χ0v) is 17.9. The summed E-state index contributed by atoms with van der Waals surface area (Å²) in [6.45, 7) is 4.48. The summed E-state index contributed by atoms with van der Waals surface area (Å²) >= 11 is 1.75. The van der Waals surface area contributed by atoms with Gasteiger partial charge >= 0.3 is 0 Å². The Morgan fingerprint density at radius 1 is 0.933 bits per heavy atom. The molecule has 0 unspecified atom stereocenters. The van der Waals surface area contributed by atoms with Crippen molar-refractivity contribution in [2.45, 2.75) is 25.3 Å². The summed E-state index contributed by atoms with van der Waals surface area (Å²) in [6, 6.07) is 18.9. The van der Waals surface area contributed by atoms with Crippen LogP contribution in [0.15, 0.2) is 66.7 Å². The van der Waals surface area contributed by atoms with Gasteiger partial charge in [-0.3, -0.25) is 9.69 Å². The normalized spacial score (nSPS) is 22.5. The highest BCUT2D eigenvalue weighted by Crippen LogP contribution is 2.39. The predicted molar refractivity (Wildman–Crippen MR) is 123 cm³/mol. The van der Waals surface area contributed by atoms with Gasteiger partial charge in [-0.05, 0) is 30.5 Å². The Kier molecular flexibility index (Phi) is 5.65. The highest BCUT2D eigenvalue weighted by molar-refractivity contribution is 7.18. The van der Waals surface area contributed by atoms with Crippen molar-refractivity contribution >= 4 is 27.5 Å². The number of hydrogen-bond donors (Lipinski definition) is 0. The number of thiazole rings is 1. The molecule has 2 aromatic carbocycles. The van der Waals surface area contributed by atoms with Gasteiger partial charge in [-0.25, -0.2) is 4.98 Å². The van der Waals surface area contributed by atoms with Crippen LogP contribution in [0.1, 0.15) is 29.3 Å². The first-order valence-electron chi connectivity index (χ1n) is 10.8. The van der Waals surface area contributed by atoms with Crippen LogP contribution in [0.2, 0.25) is 0 Å². The average molecular weight is 418 g/mol. The van der Waals surface area contributed by atoms with Gasteiger partial charge in [0.25, 0.3) is 0 Å². The first kappa shape index (κ1) is 19.5. The van der Waals surface area contributed by atoms with E-state index in [4.69, 9.17) is 4.98 Å². The van der Waals surface area contributed by atoms with E-state index in [0.717, 1.165) is 56.1 Å². The molecule has 0 saturated carbocycles. The Morgan fingerprint density at radius 3 is 2.47 bits per heavy atom. The molecule has 0 bridgehead atoms. The van der Waals surface area contributed by atoms with Crippen molar-refractivity contribution in [3.63, 3.8) is 0 Å². The van der Waals surface area contributed by atoms with Crippen molar-refractivity contribution < 1.29 is 4.79 Å². The number of para-hydroxylation sites is 1. The fourth-order valence-corrected chi connectivity index (χ4v) is 5.76. The highest BCUT2D eigenvalue weighted by Gasteiger charge is 2.35. The number of hydrogen-bond acceptors (Lipinski definition) is 4. The molecule has 1 aliphatic carbocycles. The summed E-state index contributed by atoms with van der Waals surface area (Å²) in [4.78, 5) is 22.9. The number of amides is 1. The second kappa shape index (κ2) is 8.70. The van der Waals surface area contributed by atoms with Crippen molar-refractivity contribution in [3.8, 4) is 0 Å². The van der Waals surface area contributed by atoms with Gasteiger partial charge in [0.15, 0.2) is 0 Å². The van der Waals surface area contributed by atoms with Gasteiger partial charge in [-0.2, -0.15) is 0 Å². The average Bonchev–Trinajstić information content (AvgIpc) is 3.24. The molecule has 1 fully saturated rings. The second-order valence-corrected chi connectivity index (χ2v) is 9.32. The number of piperazine rings is 1. The molecular weight excluding hydrogens is 390 g/mol. The number of benzene rings is 2. The molecule has 3 aromatic rings. The number of fused-ring (bicyclic) bond motifs is 1. The van der Waals surface area contributed by atoms with Crippen molar-refractivity contribution in [3.05, 3.63) is 77.3 Å². The number of carbonyl (C=O) groups is 1. The van der Waals surface area contributed by atoms with Crippen LogP contribution < -0.4 is 0 Å². The molecule has 30 heavy (non-hydrogen) atoms. The molecule has 5 heteroatoms. The molecule has 154 valence electrons. The van der Waals surface area contributed by atoms with Gasteiger partial charge in [0.1, 0.15) is 0 Å². The first-order valence-corrected chi connectivity index (χ1v) is 11.6. The lowest BCUT2D eigenvalue weighted by atomic mass is 9.82. The van der Waals surface area contributed by atoms with Gasteiger partial charge in [-0.1, -0.05) is 54.6 Å². The van der Waals surface area contributed by atoms with Crippen molar-refractivity contribution in [2.24, 2.45) is 5.92 Å². The lowest BCUT2D eigenvalue weighted by Gasteiger charge is -2.38. The maximum Gasteiger partial charge on any atom is 0.226 e. The quantitative estimate of drug-likeness (QED) is 0.578. The Morgan fingerprint density at radius 2 is 1.67 bits per heavy atom. The van der Waals surface area contributed by atoms with Crippen molar-refractivity contribution in [1.29, 1.82) is 0 Å². The van der Waals surface area contributed by atoms with E-state index in [1.165, 1.54) is 10.3 Å². The molecular formula is C25H27N3OS. The zero-order valence-electron chi connectivity index (χ0n) is 17.1. The SMILES string of the molecule is O=C([C@H]1CC=CC[C@@H]1c1nc2ccccc2s1)N1CCN(Cc2ccccc2)CC1. The van der Waals surface area contributed by atoms with Gasteiger partial charge in [-0.15, -0.1) is 11.3 Å². The van der Waals surface area contributed by atoms with Gasteiger partial charge < -0.3 is 4.90 Å². The van der Waals surface area contributed by atoms with Crippen LogP contribution in [0.4, 0.5) is 0 Å². The van der Waals surface area contributed by atoms with E-state index in [1.807, 2.05) is 6.07 Å². The van der Waals surface area contributed by atoms with E-state index in [1.54, 1.807) is 11.3 Å². The molecule has 1 aliphatic heterocycles. The molecule has 4 nitrogen and oxygen atoms in total. The van der Waals surface area contributed by atoms with Crippen LogP contribution in [0.3, 0.4) is 0 Å². The summed E-state index contributed by atoms with van der Waals surface area (Å²) < 4.78 is 1.21. The van der Waals surface area contributed by atoms with Crippen LogP contribution in [0, 0.1) is 5.92 Å². The molecule has 0 radical (unpaired) electrons. The van der Waals surface area contributed by atoms with E-state index in [9.17, 15) is 4.79 Å². The Bertz CT molecular complexity index is 1000. The Balaban J connectivity index is 1.26. The van der Waals surface area contributed by atoms with Crippen LogP contribution in [0.25, 0.3) is 10.2 Å². The largest absolute Gasteiger partial charge is 0.340 e. The van der Waals surface area contributed by atoms with E-state index < -0.39 is 0 Å². The molecule has 2 atom stereocenters. The zero-order chi connectivity index (χ0) is 20.3. The lowest BCUT2D eigenvalue weighted by Crippen LogP contribution is -2.50. The van der Waals surface area contributed by atoms with Crippen LogP contribution in [-0.2, 0) is 11.3 Å². The monoisotopic (exact) mass is 417 g/mol. The molecule has 1 saturated heterocycles. The summed E-state index contributed by atoms with van der Waals surface area (Å²) in [5.41, 5.74) is 2.39. The minimum absolute atomic E-state index is 0.0104. The lowest BCUT2D eigenvalue weighted by molar-refractivity contribution is -0.138. The molecule has 1 aromatic heterocycles. The second-order valence-electron chi connectivity index (χ2n) is 8.26. The summed E-state index contributed by atoms with van der Waals surface area (Å²) in [6.07, 6.45) is 6.13. The minimum atomic E-state index is 0.0104. The minimum Gasteiger partial charge on any atom is -0.340 e. The third-order valence-electron chi connectivity index (χ3n) is 6.31. The Labute approximate surface area is 181 Å². The standard InChI is InChI=1S/C25H27N3OS/c29-25(28-16-14-27(15-17-28)18-19-8-2-1-3-9-19)21-11-5-4-10-20(21)24-26-22-12-6-7-13-23(22)30-24/h1-9,12-13,20-21H,10-11,14-18H2/t20-,21-/m0/s1. The fourth-order valence-electron chi connectivity index (χ4n) is 4.61. The van der Waals surface area contributed by atoms with E-state index >= 15 is 0 Å². The smallest absolute Gasteiger partial charge is 0.226 e. The van der Waals surface area contributed by atoms with Gasteiger partial charge in [0, 0.05) is 38.6 Å². The maximum atomic E-state index is 13.5. The van der Waals surface area contributed by atoms with E-state index in [2.05, 4.69) is 70.5 Å². The van der Waals surface area contributed by atoms with Crippen molar-refractivity contribution in [1.82, 2.24) is 14.8 Å². The van der Waals surface area contributed by atoms with Gasteiger partial charge in [0.2, 0.25) is 5.91 Å². The number of nitrogens with zero attached hydrogens (tertiary/aromatic N) is 3. The number of carbonyl (C=O) groups excluding carboxylic acids is 1. The van der Waals surface area contributed by atoms with Crippen LogP contribution in [-0.4, -0.2) is 46.9 Å².